The van der Waals surface area contributed by atoms with E-state index in [0.717, 1.165) is 38.9 Å². The fourth-order valence-corrected chi connectivity index (χ4v) is 3.08. The van der Waals surface area contributed by atoms with E-state index in [1.807, 2.05) is 0 Å². The number of amides is 1. The highest BCUT2D eigenvalue weighted by atomic mass is 19.4. The number of nitrogens with one attached hydrogen (secondary N) is 2. The number of hydrogen-bond acceptors (Lipinski definition) is 4. The van der Waals surface area contributed by atoms with Crippen molar-refractivity contribution >= 4 is 5.91 Å². The minimum Gasteiger partial charge on any atom is -0.382 e. The first-order chi connectivity index (χ1) is 9.89. The number of carbonyl (C=O) groups excluding carboxylic acids is 1. The summed E-state index contributed by atoms with van der Waals surface area (Å²) in [6.45, 7) is 1.84. The van der Waals surface area contributed by atoms with Gasteiger partial charge in [0.2, 0.25) is 5.91 Å². The maximum absolute atomic E-state index is 12.2. The Hall–Kier alpha value is -0.860. The Morgan fingerprint density at radius 1 is 1.33 bits per heavy atom. The van der Waals surface area contributed by atoms with Gasteiger partial charge in [0.05, 0.1) is 12.6 Å². The van der Waals surface area contributed by atoms with Crippen molar-refractivity contribution in [1.29, 1.82) is 0 Å². The normalized spacial score (nSPS) is 26.8. The standard InChI is InChI=1S/C13H22F3N3O2/c14-13(15,16)11(20)8-18-12(21)10-2-1-7-19(10)9-3-5-17-6-4-9/h9-11,17,20H,1-8H2,(H,18,21). The molecule has 3 N–H and O–H groups in total. The Bertz CT molecular complexity index is 359. The Labute approximate surface area is 121 Å². The van der Waals surface area contributed by atoms with Gasteiger partial charge < -0.3 is 15.7 Å². The quantitative estimate of drug-likeness (QED) is 0.696. The van der Waals surface area contributed by atoms with Gasteiger partial charge in [-0.05, 0) is 45.3 Å². The van der Waals surface area contributed by atoms with Crippen LogP contribution >= 0.6 is 0 Å². The van der Waals surface area contributed by atoms with Crippen LogP contribution in [-0.2, 0) is 4.79 Å². The largest absolute Gasteiger partial charge is 0.416 e. The van der Waals surface area contributed by atoms with Crippen LogP contribution in [0.1, 0.15) is 25.7 Å². The van der Waals surface area contributed by atoms with Gasteiger partial charge in [-0.25, -0.2) is 0 Å². The molecule has 122 valence electrons. The minimum absolute atomic E-state index is 0.317. The smallest absolute Gasteiger partial charge is 0.382 e. The predicted molar refractivity (Wildman–Crippen MR) is 70.7 cm³/mol. The van der Waals surface area contributed by atoms with Crippen molar-refractivity contribution in [1.82, 2.24) is 15.5 Å². The molecule has 21 heavy (non-hydrogen) atoms. The zero-order valence-electron chi connectivity index (χ0n) is 11.8. The summed E-state index contributed by atoms with van der Waals surface area (Å²) in [7, 11) is 0. The van der Waals surface area contributed by atoms with Gasteiger partial charge >= 0.3 is 6.18 Å². The molecule has 0 aromatic carbocycles. The number of likely N-dealkylation sites (tertiary alicyclic amines) is 1. The van der Waals surface area contributed by atoms with Gasteiger partial charge in [-0.1, -0.05) is 0 Å². The molecule has 2 atom stereocenters. The molecule has 0 aliphatic carbocycles. The molecular formula is C13H22F3N3O2. The van der Waals surface area contributed by atoms with E-state index in [2.05, 4.69) is 15.5 Å². The topological polar surface area (TPSA) is 64.6 Å². The van der Waals surface area contributed by atoms with E-state index in [0.29, 0.717) is 12.5 Å². The van der Waals surface area contributed by atoms with Crippen molar-refractivity contribution in [2.24, 2.45) is 0 Å². The molecular weight excluding hydrogens is 287 g/mol. The molecule has 0 bridgehead atoms. The molecule has 2 fully saturated rings. The zero-order chi connectivity index (χ0) is 15.5. The average Bonchev–Trinajstić information content (AvgIpc) is 2.93. The lowest BCUT2D eigenvalue weighted by molar-refractivity contribution is -0.202. The number of piperidine rings is 1. The van der Waals surface area contributed by atoms with E-state index < -0.39 is 24.7 Å². The highest BCUT2D eigenvalue weighted by Crippen LogP contribution is 2.25. The molecule has 0 radical (unpaired) electrons. The lowest BCUT2D eigenvalue weighted by Crippen LogP contribution is -2.52. The molecule has 2 rings (SSSR count). The van der Waals surface area contributed by atoms with Gasteiger partial charge in [-0.3, -0.25) is 9.69 Å². The first kappa shape index (κ1) is 16.5. The number of rotatable bonds is 4. The van der Waals surface area contributed by atoms with Gasteiger partial charge in [-0.15, -0.1) is 0 Å². The molecule has 2 aliphatic heterocycles. The number of halogens is 3. The van der Waals surface area contributed by atoms with Crippen LogP contribution in [0.5, 0.6) is 0 Å². The number of nitrogens with zero attached hydrogens (tertiary/aromatic N) is 1. The first-order valence-corrected chi connectivity index (χ1v) is 7.38. The molecule has 2 saturated heterocycles. The second-order valence-electron chi connectivity index (χ2n) is 5.68. The van der Waals surface area contributed by atoms with Gasteiger partial charge in [0.25, 0.3) is 0 Å². The summed E-state index contributed by atoms with van der Waals surface area (Å²) in [6.07, 6.45) is -3.75. The van der Waals surface area contributed by atoms with Crippen LogP contribution in [0.15, 0.2) is 0 Å². The maximum Gasteiger partial charge on any atom is 0.416 e. The SMILES string of the molecule is O=C(NCC(O)C(F)(F)F)C1CCCN1C1CCNCC1. The predicted octanol–water partition coefficient (Wildman–Crippen LogP) is 0.242. The number of alkyl halides is 3. The van der Waals surface area contributed by atoms with Crippen molar-refractivity contribution in [3.8, 4) is 0 Å². The molecule has 0 aromatic rings. The minimum atomic E-state index is -4.70. The third kappa shape index (κ3) is 4.31. The van der Waals surface area contributed by atoms with Crippen molar-refractivity contribution in [2.45, 2.75) is 50.0 Å². The Balaban J connectivity index is 1.85. The van der Waals surface area contributed by atoms with Gasteiger partial charge in [0, 0.05) is 6.04 Å². The summed E-state index contributed by atoms with van der Waals surface area (Å²) in [6, 6.07) is -0.0504. The van der Waals surface area contributed by atoms with Gasteiger partial charge in [0.15, 0.2) is 6.10 Å². The second kappa shape index (κ2) is 6.93. The van der Waals surface area contributed by atoms with E-state index >= 15 is 0 Å². The molecule has 2 aliphatic rings. The van der Waals surface area contributed by atoms with Gasteiger partial charge in [0.1, 0.15) is 0 Å². The average molecular weight is 309 g/mol. The monoisotopic (exact) mass is 309 g/mol. The van der Waals surface area contributed by atoms with Crippen molar-refractivity contribution < 1.29 is 23.1 Å². The fraction of sp³-hybridized carbons (Fsp3) is 0.923. The Morgan fingerprint density at radius 2 is 2.00 bits per heavy atom. The number of carbonyl (C=O) groups is 1. The lowest BCUT2D eigenvalue weighted by Gasteiger charge is -2.35. The van der Waals surface area contributed by atoms with Gasteiger partial charge in [-0.2, -0.15) is 13.2 Å². The Kier molecular flexibility index (Phi) is 5.45. The first-order valence-electron chi connectivity index (χ1n) is 7.38. The van der Waals surface area contributed by atoms with E-state index in [4.69, 9.17) is 5.11 Å². The number of hydrogen-bond donors (Lipinski definition) is 3. The molecule has 2 unspecified atom stereocenters. The van der Waals surface area contributed by atoms with Crippen LogP contribution in [0.4, 0.5) is 13.2 Å². The molecule has 0 saturated carbocycles. The zero-order valence-corrected chi connectivity index (χ0v) is 11.8. The third-order valence-electron chi connectivity index (χ3n) is 4.22. The molecule has 8 heteroatoms. The maximum atomic E-state index is 12.2. The van der Waals surface area contributed by atoms with E-state index in [1.165, 1.54) is 0 Å². The number of aliphatic hydroxyl groups excluding tert-OH is 1. The fourth-order valence-electron chi connectivity index (χ4n) is 3.08. The Morgan fingerprint density at radius 3 is 2.62 bits per heavy atom. The highest BCUT2D eigenvalue weighted by molar-refractivity contribution is 5.82. The second-order valence-corrected chi connectivity index (χ2v) is 5.68. The summed E-state index contributed by atoms with van der Waals surface area (Å²) in [5.74, 6) is -0.408. The summed E-state index contributed by atoms with van der Waals surface area (Å²) in [4.78, 5) is 14.2. The number of aliphatic hydroxyl groups is 1. The van der Waals surface area contributed by atoms with E-state index in [9.17, 15) is 18.0 Å². The summed E-state index contributed by atoms with van der Waals surface area (Å²) in [5, 5.41) is 14.4. The van der Waals surface area contributed by atoms with Crippen LogP contribution in [0.3, 0.4) is 0 Å². The molecule has 0 aromatic heterocycles. The van der Waals surface area contributed by atoms with E-state index in [-0.39, 0.29) is 6.04 Å². The summed E-state index contributed by atoms with van der Waals surface area (Å²) < 4.78 is 36.7. The molecule has 5 nitrogen and oxygen atoms in total. The molecule has 0 spiro atoms. The van der Waals surface area contributed by atoms with Crippen molar-refractivity contribution in [3.05, 3.63) is 0 Å². The molecule has 1 amide bonds. The van der Waals surface area contributed by atoms with Crippen LogP contribution in [0.25, 0.3) is 0 Å². The molecule has 2 heterocycles. The van der Waals surface area contributed by atoms with Crippen molar-refractivity contribution in [2.75, 3.05) is 26.2 Å². The third-order valence-corrected chi connectivity index (χ3v) is 4.22. The van der Waals surface area contributed by atoms with Crippen LogP contribution in [0.2, 0.25) is 0 Å². The lowest BCUT2D eigenvalue weighted by atomic mass is 10.0. The van der Waals surface area contributed by atoms with Crippen LogP contribution in [0, 0.1) is 0 Å². The summed E-state index contributed by atoms with van der Waals surface area (Å²) >= 11 is 0. The summed E-state index contributed by atoms with van der Waals surface area (Å²) in [5.41, 5.74) is 0. The van der Waals surface area contributed by atoms with Crippen LogP contribution < -0.4 is 10.6 Å². The van der Waals surface area contributed by atoms with Crippen molar-refractivity contribution in [3.63, 3.8) is 0 Å². The van der Waals surface area contributed by atoms with E-state index in [1.54, 1.807) is 0 Å². The van der Waals surface area contributed by atoms with Crippen LogP contribution in [-0.4, -0.2) is 66.5 Å². The highest BCUT2D eigenvalue weighted by Gasteiger charge is 2.40.